The van der Waals surface area contributed by atoms with E-state index in [1.54, 1.807) is 6.20 Å². The van der Waals surface area contributed by atoms with Crippen molar-refractivity contribution < 1.29 is 14.3 Å². The Kier molecular flexibility index (Phi) is 4.21. The van der Waals surface area contributed by atoms with Gasteiger partial charge in [-0.2, -0.15) is 0 Å². The molecule has 3 heterocycles. The third-order valence-electron chi connectivity index (χ3n) is 4.53. The maximum Gasteiger partial charge on any atom is 0.410 e. The summed E-state index contributed by atoms with van der Waals surface area (Å²) in [5.74, 6) is 0.711. The number of rotatable bonds is 2. The van der Waals surface area contributed by atoms with Crippen LogP contribution in [-0.2, 0) is 4.74 Å². The van der Waals surface area contributed by atoms with Crippen molar-refractivity contribution in [3.63, 3.8) is 0 Å². The lowest BCUT2D eigenvalue weighted by Crippen LogP contribution is -2.50. The molecule has 23 heavy (non-hydrogen) atoms. The molecule has 2 unspecified atom stereocenters. The Bertz CT molecular complexity index is 568. The fraction of sp³-hybridized carbons (Fsp3) is 0.667. The molecule has 2 aliphatic rings. The number of pyridine rings is 1. The molecule has 2 fully saturated rings. The molecule has 0 spiro atoms. The minimum atomic E-state index is -0.449. The Balaban J connectivity index is 1.65. The molecule has 1 aromatic heterocycles. The van der Waals surface area contributed by atoms with Crippen LogP contribution in [0.25, 0.3) is 0 Å². The third-order valence-corrected chi connectivity index (χ3v) is 4.53. The van der Waals surface area contributed by atoms with E-state index in [4.69, 9.17) is 9.47 Å². The van der Waals surface area contributed by atoms with Gasteiger partial charge in [0.1, 0.15) is 11.7 Å². The molecule has 126 valence electrons. The van der Waals surface area contributed by atoms with Crippen LogP contribution in [-0.4, -0.2) is 39.8 Å². The average Bonchev–Trinajstić information content (AvgIpc) is 2.72. The number of carbonyl (C=O) groups is 1. The maximum absolute atomic E-state index is 12.4. The van der Waals surface area contributed by atoms with Crippen LogP contribution in [0.5, 0.6) is 5.88 Å². The summed E-state index contributed by atoms with van der Waals surface area (Å²) >= 11 is 0. The first kappa shape index (κ1) is 16.1. The highest BCUT2D eigenvalue weighted by Crippen LogP contribution is 2.38. The van der Waals surface area contributed by atoms with E-state index in [9.17, 15) is 4.79 Å². The van der Waals surface area contributed by atoms with Crippen molar-refractivity contribution in [2.24, 2.45) is 0 Å². The number of fused-ring (bicyclic) bond motifs is 2. The highest BCUT2D eigenvalue weighted by molar-refractivity contribution is 5.69. The monoisotopic (exact) mass is 318 g/mol. The van der Waals surface area contributed by atoms with Crippen molar-refractivity contribution in [3.05, 3.63) is 23.9 Å². The Labute approximate surface area is 138 Å². The first-order valence-corrected chi connectivity index (χ1v) is 8.43. The number of aromatic nitrogens is 1. The van der Waals surface area contributed by atoms with E-state index < -0.39 is 5.60 Å². The number of hydrogen-bond acceptors (Lipinski definition) is 4. The third kappa shape index (κ3) is 3.59. The Morgan fingerprint density at radius 2 is 1.91 bits per heavy atom. The van der Waals surface area contributed by atoms with E-state index in [0.29, 0.717) is 5.88 Å². The molecule has 0 N–H and O–H groups in total. The largest absolute Gasteiger partial charge is 0.474 e. The zero-order valence-corrected chi connectivity index (χ0v) is 14.4. The summed E-state index contributed by atoms with van der Waals surface area (Å²) < 4.78 is 11.7. The molecule has 5 nitrogen and oxygen atoms in total. The highest BCUT2D eigenvalue weighted by Gasteiger charge is 2.45. The molecule has 2 atom stereocenters. The molecule has 0 saturated carbocycles. The number of carbonyl (C=O) groups excluding carboxylic acids is 1. The Morgan fingerprint density at radius 1 is 1.26 bits per heavy atom. The molecule has 3 rings (SSSR count). The molecular formula is C18H26N2O3. The summed E-state index contributed by atoms with van der Waals surface area (Å²) in [7, 11) is 0. The van der Waals surface area contributed by atoms with Gasteiger partial charge in [0.15, 0.2) is 0 Å². The summed E-state index contributed by atoms with van der Waals surface area (Å²) in [6.45, 7) is 7.73. The van der Waals surface area contributed by atoms with Gasteiger partial charge in [-0.15, -0.1) is 0 Å². The van der Waals surface area contributed by atoms with Crippen molar-refractivity contribution in [3.8, 4) is 5.88 Å². The number of nitrogens with zero attached hydrogens (tertiary/aromatic N) is 2. The lowest BCUT2D eigenvalue weighted by Gasteiger charge is -2.39. The average molecular weight is 318 g/mol. The van der Waals surface area contributed by atoms with Gasteiger partial charge in [0, 0.05) is 36.7 Å². The zero-order chi connectivity index (χ0) is 16.6. The highest BCUT2D eigenvalue weighted by atomic mass is 16.6. The summed E-state index contributed by atoms with van der Waals surface area (Å²) in [6.07, 6.45) is 5.47. The first-order chi connectivity index (χ1) is 10.8. The Hall–Kier alpha value is -1.78. The molecular weight excluding hydrogens is 292 g/mol. The zero-order valence-electron chi connectivity index (χ0n) is 14.4. The molecule has 0 aromatic carbocycles. The lowest BCUT2D eigenvalue weighted by molar-refractivity contribution is -0.00769. The quantitative estimate of drug-likeness (QED) is 0.834. The molecule has 0 aliphatic carbocycles. The van der Waals surface area contributed by atoms with Gasteiger partial charge in [0.2, 0.25) is 5.88 Å². The topological polar surface area (TPSA) is 51.7 Å². The summed E-state index contributed by atoms with van der Waals surface area (Å²) in [5.41, 5.74) is 0.601. The standard InChI is InChI=1S/C18H26N2O3/c1-12-6-5-9-19-16(12)22-15-10-13-7-8-14(11-15)20(13)17(21)23-18(2,3)4/h5-6,9,13-15H,7-8,10-11H2,1-4H3. The molecule has 5 heteroatoms. The molecule has 1 aromatic rings. The van der Waals surface area contributed by atoms with Crippen LogP contribution in [0.3, 0.4) is 0 Å². The van der Waals surface area contributed by atoms with Gasteiger partial charge in [0.25, 0.3) is 0 Å². The van der Waals surface area contributed by atoms with Crippen LogP contribution >= 0.6 is 0 Å². The molecule has 1 amide bonds. The molecule has 2 bridgehead atoms. The Morgan fingerprint density at radius 3 is 2.48 bits per heavy atom. The number of hydrogen-bond donors (Lipinski definition) is 0. The number of amides is 1. The fourth-order valence-corrected chi connectivity index (χ4v) is 3.59. The maximum atomic E-state index is 12.4. The van der Waals surface area contributed by atoms with E-state index in [0.717, 1.165) is 31.2 Å². The number of piperidine rings is 1. The van der Waals surface area contributed by atoms with E-state index in [1.807, 2.05) is 44.7 Å². The van der Waals surface area contributed by atoms with Crippen molar-refractivity contribution in [2.75, 3.05) is 0 Å². The van der Waals surface area contributed by atoms with E-state index in [1.165, 1.54) is 0 Å². The summed E-state index contributed by atoms with van der Waals surface area (Å²) in [4.78, 5) is 18.7. The number of aryl methyl sites for hydroxylation is 1. The minimum absolute atomic E-state index is 0.125. The van der Waals surface area contributed by atoms with Crippen molar-refractivity contribution in [2.45, 2.75) is 77.2 Å². The van der Waals surface area contributed by atoms with Crippen LogP contribution in [0.2, 0.25) is 0 Å². The second-order valence-corrected chi connectivity index (χ2v) is 7.61. The lowest BCUT2D eigenvalue weighted by atomic mass is 10.00. The van der Waals surface area contributed by atoms with Crippen LogP contribution in [0.4, 0.5) is 4.79 Å². The second kappa shape index (κ2) is 6.02. The molecule has 2 aliphatic heterocycles. The van der Waals surface area contributed by atoms with Crippen molar-refractivity contribution >= 4 is 6.09 Å². The summed E-state index contributed by atoms with van der Waals surface area (Å²) in [5, 5.41) is 0. The number of ether oxygens (including phenoxy) is 2. The molecule has 2 saturated heterocycles. The smallest absolute Gasteiger partial charge is 0.410 e. The van der Waals surface area contributed by atoms with E-state index in [-0.39, 0.29) is 24.3 Å². The predicted molar refractivity (Wildman–Crippen MR) is 87.5 cm³/mol. The van der Waals surface area contributed by atoms with Crippen molar-refractivity contribution in [1.82, 2.24) is 9.88 Å². The minimum Gasteiger partial charge on any atom is -0.474 e. The van der Waals surface area contributed by atoms with Gasteiger partial charge in [-0.25, -0.2) is 9.78 Å². The van der Waals surface area contributed by atoms with Crippen LogP contribution < -0.4 is 4.74 Å². The van der Waals surface area contributed by atoms with Gasteiger partial charge >= 0.3 is 6.09 Å². The van der Waals surface area contributed by atoms with Crippen LogP contribution in [0.1, 0.15) is 52.0 Å². The fourth-order valence-electron chi connectivity index (χ4n) is 3.59. The van der Waals surface area contributed by atoms with Crippen LogP contribution in [0, 0.1) is 6.92 Å². The summed E-state index contributed by atoms with van der Waals surface area (Å²) in [6, 6.07) is 4.36. The van der Waals surface area contributed by atoms with Gasteiger partial charge in [0.05, 0.1) is 0 Å². The van der Waals surface area contributed by atoms with Crippen molar-refractivity contribution in [1.29, 1.82) is 0 Å². The van der Waals surface area contributed by atoms with E-state index in [2.05, 4.69) is 4.98 Å². The second-order valence-electron chi connectivity index (χ2n) is 7.61. The van der Waals surface area contributed by atoms with Crippen LogP contribution in [0.15, 0.2) is 18.3 Å². The first-order valence-electron chi connectivity index (χ1n) is 8.43. The van der Waals surface area contributed by atoms with E-state index >= 15 is 0 Å². The van der Waals surface area contributed by atoms with Gasteiger partial charge in [-0.1, -0.05) is 6.07 Å². The molecule has 0 radical (unpaired) electrons. The normalized spacial score (nSPS) is 27.0. The predicted octanol–water partition coefficient (Wildman–Crippen LogP) is 3.70. The van der Waals surface area contributed by atoms with Gasteiger partial charge < -0.3 is 14.4 Å². The van der Waals surface area contributed by atoms with Gasteiger partial charge in [-0.05, 0) is 46.6 Å². The van der Waals surface area contributed by atoms with Gasteiger partial charge in [-0.3, -0.25) is 0 Å². The SMILES string of the molecule is Cc1cccnc1OC1CC2CCC(C1)N2C(=O)OC(C)(C)C.